The minimum atomic E-state index is 0.185. The molecule has 0 aromatic heterocycles. The van der Waals surface area contributed by atoms with E-state index in [-0.39, 0.29) is 6.10 Å². The van der Waals surface area contributed by atoms with Gasteiger partial charge in [0.15, 0.2) is 0 Å². The van der Waals surface area contributed by atoms with Crippen LogP contribution in [0.4, 0.5) is 0 Å². The van der Waals surface area contributed by atoms with Crippen molar-refractivity contribution in [2.75, 3.05) is 6.54 Å². The maximum absolute atomic E-state index is 6.18. The van der Waals surface area contributed by atoms with Crippen LogP contribution in [0.1, 0.15) is 32.3 Å². The zero-order chi connectivity index (χ0) is 12.8. The molecule has 0 bridgehead atoms. The van der Waals surface area contributed by atoms with Crippen LogP contribution in [0.2, 0.25) is 10.0 Å². The van der Waals surface area contributed by atoms with E-state index in [1.807, 2.05) is 6.07 Å². The summed E-state index contributed by atoms with van der Waals surface area (Å²) in [5.41, 5.74) is 6.57. The monoisotopic (exact) mass is 275 g/mol. The number of hydrogen-bond acceptors (Lipinski definition) is 2. The summed E-state index contributed by atoms with van der Waals surface area (Å²) >= 11 is 12.2. The molecule has 0 aliphatic carbocycles. The van der Waals surface area contributed by atoms with Crippen molar-refractivity contribution in [2.45, 2.75) is 39.2 Å². The maximum Gasteiger partial charge on any atom is 0.141 e. The van der Waals surface area contributed by atoms with Crippen molar-refractivity contribution in [1.82, 2.24) is 0 Å². The molecule has 2 nitrogen and oxygen atoms in total. The number of ether oxygens (including phenoxy) is 1. The van der Waals surface area contributed by atoms with Crippen LogP contribution in [0.3, 0.4) is 0 Å². The second-order valence-electron chi connectivity index (χ2n) is 3.97. The molecule has 1 aromatic carbocycles. The zero-order valence-electron chi connectivity index (χ0n) is 10.3. The summed E-state index contributed by atoms with van der Waals surface area (Å²) in [5.74, 6) is 0.732. The summed E-state index contributed by atoms with van der Waals surface area (Å²) in [6, 6.07) is 3.58. The fourth-order valence-electron chi connectivity index (χ4n) is 1.71. The van der Waals surface area contributed by atoms with E-state index in [2.05, 4.69) is 13.8 Å². The topological polar surface area (TPSA) is 35.2 Å². The lowest BCUT2D eigenvalue weighted by atomic mass is 10.1. The number of nitrogens with two attached hydrogens (primary N) is 1. The van der Waals surface area contributed by atoms with Gasteiger partial charge in [0.05, 0.1) is 11.1 Å². The molecule has 0 unspecified atom stereocenters. The van der Waals surface area contributed by atoms with E-state index in [9.17, 15) is 0 Å². The third-order valence-corrected chi connectivity index (χ3v) is 3.19. The fourth-order valence-corrected chi connectivity index (χ4v) is 2.29. The molecule has 1 aromatic rings. The lowest BCUT2D eigenvalue weighted by molar-refractivity contribution is 0.191. The summed E-state index contributed by atoms with van der Waals surface area (Å²) in [4.78, 5) is 0. The molecule has 0 aliphatic rings. The van der Waals surface area contributed by atoms with Gasteiger partial charge in [0.1, 0.15) is 5.75 Å². The van der Waals surface area contributed by atoms with Gasteiger partial charge in [-0.05, 0) is 43.5 Å². The highest BCUT2D eigenvalue weighted by Crippen LogP contribution is 2.34. The van der Waals surface area contributed by atoms with Crippen molar-refractivity contribution < 1.29 is 4.74 Å². The molecule has 0 saturated heterocycles. The highest BCUT2D eigenvalue weighted by molar-refractivity contribution is 6.35. The summed E-state index contributed by atoms with van der Waals surface area (Å²) in [6.07, 6.45) is 2.82. The molecule has 0 radical (unpaired) electrons. The zero-order valence-corrected chi connectivity index (χ0v) is 11.8. The first kappa shape index (κ1) is 14.6. The average molecular weight is 276 g/mol. The summed E-state index contributed by atoms with van der Waals surface area (Å²) in [6.45, 7) is 4.75. The Kier molecular flexibility index (Phi) is 6.10. The van der Waals surface area contributed by atoms with Gasteiger partial charge in [0, 0.05) is 5.02 Å². The minimum absolute atomic E-state index is 0.185. The molecule has 96 valence electrons. The molecule has 0 atom stereocenters. The molecule has 0 spiro atoms. The van der Waals surface area contributed by atoms with E-state index >= 15 is 0 Å². The smallest absolute Gasteiger partial charge is 0.141 e. The lowest BCUT2D eigenvalue weighted by Gasteiger charge is -2.19. The van der Waals surface area contributed by atoms with Crippen LogP contribution in [-0.2, 0) is 6.42 Å². The van der Waals surface area contributed by atoms with Gasteiger partial charge in [-0.1, -0.05) is 37.0 Å². The molecule has 0 aliphatic heterocycles. The predicted molar refractivity (Wildman–Crippen MR) is 74.2 cm³/mol. The molecule has 4 heteroatoms. The molecule has 0 heterocycles. The van der Waals surface area contributed by atoms with E-state index in [0.717, 1.165) is 30.6 Å². The van der Waals surface area contributed by atoms with Crippen molar-refractivity contribution in [3.05, 3.63) is 27.7 Å². The van der Waals surface area contributed by atoms with E-state index in [0.29, 0.717) is 16.6 Å². The Bertz CT molecular complexity index is 365. The van der Waals surface area contributed by atoms with Crippen LogP contribution in [0.25, 0.3) is 0 Å². The summed E-state index contributed by atoms with van der Waals surface area (Å²) in [7, 11) is 0. The molecular formula is C13H19Cl2NO. The van der Waals surface area contributed by atoms with Crippen molar-refractivity contribution in [3.63, 3.8) is 0 Å². The van der Waals surface area contributed by atoms with E-state index in [4.69, 9.17) is 33.7 Å². The van der Waals surface area contributed by atoms with E-state index in [1.54, 1.807) is 6.07 Å². The lowest BCUT2D eigenvalue weighted by Crippen LogP contribution is -2.16. The standard InChI is InChI=1S/C13H19Cl2NO/c1-3-11(4-2)17-13-9(5-6-16)7-10(14)8-12(13)15/h7-8,11H,3-6,16H2,1-2H3. The number of rotatable bonds is 6. The Labute approximate surface area is 113 Å². The second-order valence-corrected chi connectivity index (χ2v) is 4.81. The average Bonchev–Trinajstić information content (AvgIpc) is 2.29. The first-order chi connectivity index (χ1) is 8.12. The van der Waals surface area contributed by atoms with Crippen molar-refractivity contribution in [1.29, 1.82) is 0 Å². The first-order valence-corrected chi connectivity index (χ1v) is 6.72. The Morgan fingerprint density at radius 2 is 1.88 bits per heavy atom. The van der Waals surface area contributed by atoms with Gasteiger partial charge in [-0.15, -0.1) is 0 Å². The third-order valence-electron chi connectivity index (χ3n) is 2.69. The van der Waals surface area contributed by atoms with E-state index < -0.39 is 0 Å². The van der Waals surface area contributed by atoms with Crippen LogP contribution < -0.4 is 10.5 Å². The van der Waals surface area contributed by atoms with Gasteiger partial charge in [-0.2, -0.15) is 0 Å². The molecule has 0 amide bonds. The van der Waals surface area contributed by atoms with Crippen LogP contribution in [0, 0.1) is 0 Å². The van der Waals surface area contributed by atoms with Gasteiger partial charge >= 0.3 is 0 Å². The fraction of sp³-hybridized carbons (Fsp3) is 0.538. The predicted octanol–water partition coefficient (Wildman–Crippen LogP) is 4.06. The Morgan fingerprint density at radius 1 is 1.24 bits per heavy atom. The van der Waals surface area contributed by atoms with Gasteiger partial charge < -0.3 is 10.5 Å². The Morgan fingerprint density at radius 3 is 2.41 bits per heavy atom. The quantitative estimate of drug-likeness (QED) is 0.850. The normalized spacial score (nSPS) is 10.9. The van der Waals surface area contributed by atoms with E-state index in [1.165, 1.54) is 0 Å². The molecule has 0 saturated carbocycles. The van der Waals surface area contributed by atoms with Crippen LogP contribution >= 0.6 is 23.2 Å². The summed E-state index contributed by atoms with van der Waals surface area (Å²) < 4.78 is 5.94. The van der Waals surface area contributed by atoms with Crippen LogP contribution in [0.15, 0.2) is 12.1 Å². The minimum Gasteiger partial charge on any atom is -0.489 e. The SMILES string of the molecule is CCC(CC)Oc1c(Cl)cc(Cl)cc1CCN. The molecule has 17 heavy (non-hydrogen) atoms. The van der Waals surface area contributed by atoms with Gasteiger partial charge in [-0.25, -0.2) is 0 Å². The second kappa shape index (κ2) is 7.10. The largest absolute Gasteiger partial charge is 0.489 e. The van der Waals surface area contributed by atoms with Crippen molar-refractivity contribution in [3.8, 4) is 5.75 Å². The van der Waals surface area contributed by atoms with Gasteiger partial charge in [-0.3, -0.25) is 0 Å². The highest BCUT2D eigenvalue weighted by atomic mass is 35.5. The van der Waals surface area contributed by atoms with Crippen molar-refractivity contribution in [2.24, 2.45) is 5.73 Å². The Hall–Kier alpha value is -0.440. The highest BCUT2D eigenvalue weighted by Gasteiger charge is 2.14. The molecule has 2 N–H and O–H groups in total. The number of hydrogen-bond donors (Lipinski definition) is 1. The van der Waals surface area contributed by atoms with Crippen LogP contribution in [0.5, 0.6) is 5.75 Å². The van der Waals surface area contributed by atoms with Crippen LogP contribution in [-0.4, -0.2) is 12.6 Å². The molecular weight excluding hydrogens is 257 g/mol. The Balaban J connectivity index is 3.02. The number of benzene rings is 1. The molecule has 0 fully saturated rings. The summed E-state index contributed by atoms with van der Waals surface area (Å²) in [5, 5.41) is 1.18. The van der Waals surface area contributed by atoms with Crippen molar-refractivity contribution >= 4 is 23.2 Å². The van der Waals surface area contributed by atoms with Gasteiger partial charge in [0.2, 0.25) is 0 Å². The molecule has 1 rings (SSSR count). The third kappa shape index (κ3) is 4.06. The number of halogens is 2. The van der Waals surface area contributed by atoms with Gasteiger partial charge in [0.25, 0.3) is 0 Å². The maximum atomic E-state index is 6.18. The first-order valence-electron chi connectivity index (χ1n) is 5.97.